The van der Waals surface area contributed by atoms with Crippen molar-refractivity contribution in [1.82, 2.24) is 0 Å². The van der Waals surface area contributed by atoms with Crippen molar-refractivity contribution in [3.63, 3.8) is 0 Å². The van der Waals surface area contributed by atoms with Crippen LogP contribution in [-0.4, -0.2) is 5.78 Å². The lowest BCUT2D eigenvalue weighted by Crippen LogP contribution is -2.52. The van der Waals surface area contributed by atoms with E-state index in [4.69, 9.17) is 4.42 Å². The van der Waals surface area contributed by atoms with Crippen LogP contribution < -0.4 is 0 Å². The molecule has 0 amide bonds. The lowest BCUT2D eigenvalue weighted by atomic mass is 9.48. The van der Waals surface area contributed by atoms with E-state index >= 15 is 0 Å². The van der Waals surface area contributed by atoms with E-state index in [1.54, 1.807) is 18.0 Å². The highest BCUT2D eigenvalue weighted by molar-refractivity contribution is 9.10. The summed E-state index contributed by atoms with van der Waals surface area (Å²) < 4.78 is 6.85. The van der Waals surface area contributed by atoms with Gasteiger partial charge in [-0.2, -0.15) is 0 Å². The van der Waals surface area contributed by atoms with Crippen LogP contribution >= 0.6 is 27.7 Å². The van der Waals surface area contributed by atoms with Gasteiger partial charge in [0.15, 0.2) is 10.9 Å². The number of allylic oxidation sites excluding steroid dienone is 3. The van der Waals surface area contributed by atoms with Crippen LogP contribution in [0.1, 0.15) is 52.5 Å². The molecule has 1 aromatic carbocycles. The molecule has 1 heterocycles. The average Bonchev–Trinajstić information content (AvgIpc) is 3.09. The Morgan fingerprint density at radius 1 is 1.13 bits per heavy atom. The van der Waals surface area contributed by atoms with E-state index in [1.807, 2.05) is 24.3 Å². The third-order valence-electron chi connectivity index (χ3n) is 6.98. The minimum atomic E-state index is -0.0308. The first-order valence-corrected chi connectivity index (χ1v) is 12.2. The number of hydrogen-bond acceptors (Lipinski definition) is 3. The zero-order valence-corrected chi connectivity index (χ0v) is 20.5. The monoisotopic (exact) mass is 484 g/mol. The van der Waals surface area contributed by atoms with Gasteiger partial charge in [0.1, 0.15) is 0 Å². The van der Waals surface area contributed by atoms with Crippen molar-refractivity contribution in [1.29, 1.82) is 0 Å². The first-order valence-electron chi connectivity index (χ1n) is 10.6. The number of hydrogen-bond donors (Lipinski definition) is 0. The molecule has 0 radical (unpaired) electrons. The largest absolute Gasteiger partial charge is 0.457 e. The predicted molar refractivity (Wildman–Crippen MR) is 127 cm³/mol. The molecule has 0 bridgehead atoms. The number of furan rings is 1. The number of halogens is 1. The van der Waals surface area contributed by atoms with Gasteiger partial charge < -0.3 is 4.42 Å². The maximum atomic E-state index is 13.0. The van der Waals surface area contributed by atoms with Crippen LogP contribution in [0.15, 0.2) is 73.2 Å². The quantitative estimate of drug-likeness (QED) is 0.437. The van der Waals surface area contributed by atoms with Gasteiger partial charge in [-0.1, -0.05) is 72.6 Å². The van der Waals surface area contributed by atoms with Crippen LogP contribution in [0.4, 0.5) is 0 Å². The molecule has 3 atom stereocenters. The molecule has 0 unspecified atom stereocenters. The van der Waals surface area contributed by atoms with Crippen molar-refractivity contribution < 1.29 is 9.21 Å². The third-order valence-corrected chi connectivity index (χ3v) is 8.54. The summed E-state index contributed by atoms with van der Waals surface area (Å²) in [6.07, 6.45) is 11.6. The minimum Gasteiger partial charge on any atom is -0.457 e. The summed E-state index contributed by atoms with van der Waals surface area (Å²) in [5.41, 5.74) is 2.28. The van der Waals surface area contributed by atoms with E-state index in [1.165, 1.54) is 12.0 Å². The molecule has 0 saturated heterocycles. The van der Waals surface area contributed by atoms with Gasteiger partial charge in [0.05, 0.1) is 6.26 Å². The fourth-order valence-corrected chi connectivity index (χ4v) is 6.87. The Balaban J connectivity index is 1.62. The molecule has 2 aliphatic rings. The van der Waals surface area contributed by atoms with Crippen LogP contribution in [0.25, 0.3) is 6.08 Å². The van der Waals surface area contributed by atoms with E-state index in [-0.39, 0.29) is 22.7 Å². The highest BCUT2D eigenvalue weighted by Crippen LogP contribution is 2.58. The Labute approximate surface area is 192 Å². The molecule has 0 N–H and O–H groups in total. The molecule has 0 aliphatic heterocycles. The summed E-state index contributed by atoms with van der Waals surface area (Å²) in [5, 5.41) is 0.896. The van der Waals surface area contributed by atoms with Gasteiger partial charge in [-0.3, -0.25) is 4.79 Å². The van der Waals surface area contributed by atoms with E-state index in [9.17, 15) is 4.79 Å². The highest BCUT2D eigenvalue weighted by Gasteiger charge is 2.54. The van der Waals surface area contributed by atoms with Gasteiger partial charge in [0.2, 0.25) is 0 Å². The molecule has 30 heavy (non-hydrogen) atoms. The zero-order valence-electron chi connectivity index (χ0n) is 18.1. The summed E-state index contributed by atoms with van der Waals surface area (Å²) in [7, 11) is 0. The second-order valence-corrected chi connectivity index (χ2v) is 11.6. The summed E-state index contributed by atoms with van der Waals surface area (Å²) in [6, 6.07) is 10.3. The predicted octanol–water partition coefficient (Wildman–Crippen LogP) is 8.18. The van der Waals surface area contributed by atoms with Gasteiger partial charge >= 0.3 is 0 Å². The van der Waals surface area contributed by atoms with Crippen molar-refractivity contribution in [2.75, 3.05) is 0 Å². The summed E-state index contributed by atoms with van der Waals surface area (Å²) >= 11 is 5.12. The molecule has 1 aromatic heterocycles. The molecule has 0 spiro atoms. The molecule has 1 fully saturated rings. The van der Waals surface area contributed by atoms with E-state index in [2.05, 4.69) is 67.9 Å². The molecular weight excluding hydrogens is 456 g/mol. The fraction of sp³-hybridized carbons (Fsp3) is 0.423. The highest BCUT2D eigenvalue weighted by atomic mass is 79.9. The van der Waals surface area contributed by atoms with Crippen LogP contribution in [0.3, 0.4) is 0 Å². The second kappa shape index (κ2) is 8.20. The van der Waals surface area contributed by atoms with Crippen LogP contribution in [0, 0.1) is 22.7 Å². The number of rotatable bonds is 4. The summed E-state index contributed by atoms with van der Waals surface area (Å²) in [5.74, 6) is 0.664. The van der Waals surface area contributed by atoms with Crippen molar-refractivity contribution in [2.24, 2.45) is 22.7 Å². The average molecular weight is 485 g/mol. The van der Waals surface area contributed by atoms with Crippen molar-refractivity contribution in [3.8, 4) is 0 Å². The number of benzene rings is 1. The summed E-state index contributed by atoms with van der Waals surface area (Å²) in [6.45, 7) is 8.98. The summed E-state index contributed by atoms with van der Waals surface area (Å²) in [4.78, 5) is 14.1. The first-order chi connectivity index (χ1) is 14.2. The first kappa shape index (κ1) is 21.7. The Bertz CT molecular complexity index is 998. The molecular formula is C26H29BrO2S. The van der Waals surface area contributed by atoms with Crippen molar-refractivity contribution >= 4 is 39.6 Å². The topological polar surface area (TPSA) is 30.2 Å². The number of carbonyl (C=O) groups is 1. The third kappa shape index (κ3) is 4.01. The van der Waals surface area contributed by atoms with Gasteiger partial charge in [0.25, 0.3) is 0 Å². The SMILES string of the molecule is CC1=CC(=O)[C@H]2C(C)(C)CCC[C@]2(C)[C@H]1/C=C/c1ccoc1Sc1ccc(Br)cc1. The van der Waals surface area contributed by atoms with E-state index < -0.39 is 0 Å². The van der Waals surface area contributed by atoms with Gasteiger partial charge in [0, 0.05) is 26.8 Å². The lowest BCUT2D eigenvalue weighted by molar-refractivity contribution is -0.134. The maximum Gasteiger partial charge on any atom is 0.171 e. The smallest absolute Gasteiger partial charge is 0.171 e. The van der Waals surface area contributed by atoms with Crippen molar-refractivity contribution in [2.45, 2.75) is 56.9 Å². The standard InChI is InChI=1S/C26H29BrO2S/c1-17-16-22(28)23-25(2,3)13-5-14-26(23,4)21(17)11-6-18-12-15-29-24(18)30-20-9-7-19(27)8-10-20/h6-12,15-16,21,23H,5,13-14H2,1-4H3/b11-6+/t21-,23-,26+/m0/s1. The van der Waals surface area contributed by atoms with Crippen molar-refractivity contribution in [3.05, 3.63) is 64.4 Å². The molecule has 1 saturated carbocycles. The van der Waals surface area contributed by atoms with E-state index in [0.29, 0.717) is 5.78 Å². The Morgan fingerprint density at radius 2 is 1.87 bits per heavy atom. The zero-order chi connectivity index (χ0) is 21.5. The fourth-order valence-electron chi connectivity index (χ4n) is 5.76. The van der Waals surface area contributed by atoms with Crippen LogP contribution in [-0.2, 0) is 4.79 Å². The molecule has 2 aliphatic carbocycles. The van der Waals surface area contributed by atoms with Gasteiger partial charge in [-0.25, -0.2) is 0 Å². The lowest BCUT2D eigenvalue weighted by Gasteiger charge is -2.55. The number of fused-ring (bicyclic) bond motifs is 1. The second-order valence-electron chi connectivity index (χ2n) is 9.63. The Kier molecular flexibility index (Phi) is 5.93. The molecule has 4 rings (SSSR count). The number of ketones is 1. The van der Waals surface area contributed by atoms with Gasteiger partial charge in [-0.15, -0.1) is 0 Å². The van der Waals surface area contributed by atoms with E-state index in [0.717, 1.165) is 32.9 Å². The molecule has 2 nitrogen and oxygen atoms in total. The molecule has 2 aromatic rings. The van der Waals surface area contributed by atoms with Crippen LogP contribution in [0.2, 0.25) is 0 Å². The molecule has 4 heteroatoms. The molecule has 158 valence electrons. The van der Waals surface area contributed by atoms with Gasteiger partial charge in [-0.05, 0) is 67.0 Å². The van der Waals surface area contributed by atoms with Crippen LogP contribution in [0.5, 0.6) is 0 Å². The maximum absolute atomic E-state index is 13.0. The minimum absolute atomic E-state index is 0.0308. The Morgan fingerprint density at radius 3 is 2.60 bits per heavy atom. The number of carbonyl (C=O) groups excluding carboxylic acids is 1. The Hall–Kier alpha value is -1.52. The normalized spacial score (nSPS) is 28.4.